The number of primary amides is 1. The summed E-state index contributed by atoms with van der Waals surface area (Å²) in [4.78, 5) is 35.3. The van der Waals surface area contributed by atoms with Crippen LogP contribution in [0.3, 0.4) is 0 Å². The van der Waals surface area contributed by atoms with Crippen LogP contribution in [0.2, 0.25) is 0 Å². The molecule has 0 spiro atoms. The van der Waals surface area contributed by atoms with Crippen LogP contribution in [0.5, 0.6) is 0 Å². The number of rotatable bonds is 6. The minimum atomic E-state index is -3.63. The molecule has 1 aromatic rings. The monoisotopic (exact) mass is 425 g/mol. The predicted octanol–water partition coefficient (Wildman–Crippen LogP) is 1.48. The first-order chi connectivity index (χ1) is 13.5. The summed E-state index contributed by atoms with van der Waals surface area (Å²) in [6.45, 7) is 6.33. The van der Waals surface area contributed by atoms with E-state index in [0.717, 1.165) is 12.8 Å². The number of nitrogens with one attached hydrogen (secondary N) is 1. The zero-order chi connectivity index (χ0) is 21.8. The molecule has 0 radical (unpaired) electrons. The molecule has 0 aliphatic carbocycles. The molecule has 29 heavy (non-hydrogen) atoms. The van der Waals surface area contributed by atoms with Crippen LogP contribution in [0.1, 0.15) is 44.0 Å². The molecule has 1 aliphatic heterocycles. The summed E-state index contributed by atoms with van der Waals surface area (Å²) in [5.74, 6) is -1.53. The smallest absolute Gasteiger partial charge is 0.338 e. The zero-order valence-electron chi connectivity index (χ0n) is 16.8. The van der Waals surface area contributed by atoms with Gasteiger partial charge in [0.2, 0.25) is 10.0 Å². The molecular formula is C19H27N3O6S. The number of nitrogens with two attached hydrogens (primary N) is 1. The number of imide groups is 1. The second kappa shape index (κ2) is 9.36. The number of sulfonamides is 1. The fourth-order valence-corrected chi connectivity index (χ4v) is 4.48. The molecule has 0 bridgehead atoms. The average molecular weight is 426 g/mol. The normalized spacial score (nSPS) is 17.0. The number of hydrogen-bond donors (Lipinski definition) is 2. The summed E-state index contributed by atoms with van der Waals surface area (Å²) < 4.78 is 32.1. The lowest BCUT2D eigenvalue weighted by atomic mass is 10.0. The number of amides is 3. The van der Waals surface area contributed by atoms with Gasteiger partial charge in [0.15, 0.2) is 6.10 Å². The van der Waals surface area contributed by atoms with E-state index in [4.69, 9.17) is 10.5 Å². The van der Waals surface area contributed by atoms with Gasteiger partial charge in [-0.1, -0.05) is 20.8 Å². The highest BCUT2D eigenvalue weighted by Gasteiger charge is 2.30. The van der Waals surface area contributed by atoms with E-state index in [1.807, 2.05) is 5.32 Å². The van der Waals surface area contributed by atoms with Crippen LogP contribution < -0.4 is 11.1 Å². The van der Waals surface area contributed by atoms with E-state index in [1.165, 1.54) is 28.6 Å². The van der Waals surface area contributed by atoms with Crippen molar-refractivity contribution in [2.45, 2.75) is 44.6 Å². The van der Waals surface area contributed by atoms with E-state index in [9.17, 15) is 22.8 Å². The highest BCUT2D eigenvalue weighted by atomic mass is 32.2. The first kappa shape index (κ1) is 22.8. The van der Waals surface area contributed by atoms with Crippen LogP contribution in [0.25, 0.3) is 0 Å². The van der Waals surface area contributed by atoms with E-state index < -0.39 is 40.0 Å². The highest BCUT2D eigenvalue weighted by Crippen LogP contribution is 2.24. The quantitative estimate of drug-likeness (QED) is 0.663. The van der Waals surface area contributed by atoms with Crippen LogP contribution in [0.15, 0.2) is 29.2 Å². The van der Waals surface area contributed by atoms with Crippen LogP contribution in [-0.2, 0) is 19.6 Å². The Kier molecular flexibility index (Phi) is 7.37. The number of esters is 1. The topological polar surface area (TPSA) is 136 Å². The fraction of sp³-hybridized carbons (Fsp3) is 0.526. The van der Waals surface area contributed by atoms with Gasteiger partial charge in [0.25, 0.3) is 5.91 Å². The Hall–Kier alpha value is -2.46. The molecule has 3 amide bonds. The van der Waals surface area contributed by atoms with Crippen molar-refractivity contribution in [3.8, 4) is 0 Å². The number of urea groups is 1. The molecule has 160 valence electrons. The third kappa shape index (κ3) is 5.77. The standard InChI is InChI=1S/C19H27N3O6S/c1-12(2)16(17(23)21-19(20)25)28-18(24)14-4-6-15(7-5-14)29(26,27)22-10-8-13(3)9-11-22/h4-7,12-13,16H,8-11H2,1-3H3,(H3,20,21,23,25)/t16-/m0/s1. The lowest BCUT2D eigenvalue weighted by Gasteiger charge is -2.29. The van der Waals surface area contributed by atoms with E-state index >= 15 is 0 Å². The van der Waals surface area contributed by atoms with E-state index in [2.05, 4.69) is 6.92 Å². The molecule has 1 fully saturated rings. The highest BCUT2D eigenvalue weighted by molar-refractivity contribution is 7.89. The van der Waals surface area contributed by atoms with Gasteiger partial charge in [-0.3, -0.25) is 10.1 Å². The maximum atomic E-state index is 12.7. The number of carbonyl (C=O) groups excluding carboxylic acids is 3. The molecule has 1 saturated heterocycles. The molecular weight excluding hydrogens is 398 g/mol. The first-order valence-corrected chi connectivity index (χ1v) is 10.9. The molecule has 1 heterocycles. The fourth-order valence-electron chi connectivity index (χ4n) is 3.01. The van der Waals surface area contributed by atoms with Crippen LogP contribution in [0, 0.1) is 11.8 Å². The summed E-state index contributed by atoms with van der Waals surface area (Å²) in [6, 6.07) is 4.32. The Bertz CT molecular complexity index is 858. The molecule has 2 rings (SSSR count). The van der Waals surface area contributed by atoms with Gasteiger partial charge in [0.05, 0.1) is 10.5 Å². The Morgan fingerprint density at radius 1 is 1.14 bits per heavy atom. The Labute approximate surface area is 170 Å². The van der Waals surface area contributed by atoms with Crippen LogP contribution in [-0.4, -0.2) is 49.8 Å². The molecule has 0 aromatic heterocycles. The SMILES string of the molecule is CC1CCN(S(=O)(=O)c2ccc(C(=O)O[C@H](C(=O)NC(N)=O)C(C)C)cc2)CC1. The van der Waals surface area contributed by atoms with Crippen molar-refractivity contribution in [2.75, 3.05) is 13.1 Å². The van der Waals surface area contributed by atoms with Crippen LogP contribution in [0.4, 0.5) is 4.79 Å². The zero-order valence-corrected chi connectivity index (χ0v) is 17.6. The van der Waals surface area contributed by atoms with Crippen molar-refractivity contribution in [2.24, 2.45) is 17.6 Å². The predicted molar refractivity (Wildman–Crippen MR) is 105 cm³/mol. The van der Waals surface area contributed by atoms with E-state index in [0.29, 0.717) is 19.0 Å². The second-order valence-corrected chi connectivity index (χ2v) is 9.47. The second-order valence-electron chi connectivity index (χ2n) is 7.53. The number of carbonyl (C=O) groups is 3. The van der Waals surface area contributed by atoms with Crippen molar-refractivity contribution < 1.29 is 27.5 Å². The van der Waals surface area contributed by atoms with Gasteiger partial charge in [-0.15, -0.1) is 0 Å². The summed E-state index contributed by atoms with van der Waals surface area (Å²) >= 11 is 0. The van der Waals surface area contributed by atoms with Gasteiger partial charge >= 0.3 is 12.0 Å². The molecule has 1 aromatic carbocycles. The lowest BCUT2D eigenvalue weighted by molar-refractivity contribution is -0.130. The summed E-state index contributed by atoms with van der Waals surface area (Å²) in [7, 11) is -3.63. The van der Waals surface area contributed by atoms with Crippen molar-refractivity contribution in [3.63, 3.8) is 0 Å². The minimum Gasteiger partial charge on any atom is -0.448 e. The lowest BCUT2D eigenvalue weighted by Crippen LogP contribution is -2.45. The molecule has 9 nitrogen and oxygen atoms in total. The van der Waals surface area contributed by atoms with E-state index in [1.54, 1.807) is 13.8 Å². The van der Waals surface area contributed by atoms with Crippen molar-refractivity contribution in [1.29, 1.82) is 0 Å². The van der Waals surface area contributed by atoms with Gasteiger partial charge < -0.3 is 10.5 Å². The Morgan fingerprint density at radius 3 is 2.17 bits per heavy atom. The average Bonchev–Trinajstić information content (AvgIpc) is 2.65. The van der Waals surface area contributed by atoms with Gasteiger partial charge in [0.1, 0.15) is 0 Å². The minimum absolute atomic E-state index is 0.0914. The number of nitrogens with zero attached hydrogens (tertiary/aromatic N) is 1. The molecule has 10 heteroatoms. The summed E-state index contributed by atoms with van der Waals surface area (Å²) in [5.41, 5.74) is 5.02. The van der Waals surface area contributed by atoms with Gasteiger partial charge in [-0.2, -0.15) is 4.31 Å². The van der Waals surface area contributed by atoms with Crippen LogP contribution >= 0.6 is 0 Å². The number of benzene rings is 1. The molecule has 0 saturated carbocycles. The van der Waals surface area contributed by atoms with Crippen molar-refractivity contribution in [1.82, 2.24) is 9.62 Å². The number of hydrogen-bond acceptors (Lipinski definition) is 6. The van der Waals surface area contributed by atoms with Crippen molar-refractivity contribution in [3.05, 3.63) is 29.8 Å². The van der Waals surface area contributed by atoms with Crippen molar-refractivity contribution >= 4 is 27.9 Å². The summed E-state index contributed by atoms with van der Waals surface area (Å²) in [5, 5.41) is 1.89. The Balaban J connectivity index is 2.11. The van der Waals surface area contributed by atoms with Gasteiger partial charge in [-0.25, -0.2) is 18.0 Å². The molecule has 0 unspecified atom stereocenters. The van der Waals surface area contributed by atoms with Gasteiger partial charge in [-0.05, 0) is 48.9 Å². The van der Waals surface area contributed by atoms with E-state index in [-0.39, 0.29) is 10.5 Å². The summed E-state index contributed by atoms with van der Waals surface area (Å²) in [6.07, 6.45) is 0.412. The maximum Gasteiger partial charge on any atom is 0.338 e. The Morgan fingerprint density at radius 2 is 1.69 bits per heavy atom. The molecule has 1 atom stereocenters. The maximum absolute atomic E-state index is 12.7. The van der Waals surface area contributed by atoms with Gasteiger partial charge in [0, 0.05) is 13.1 Å². The number of ether oxygens (including phenoxy) is 1. The number of piperidine rings is 1. The third-order valence-electron chi connectivity index (χ3n) is 4.81. The first-order valence-electron chi connectivity index (χ1n) is 9.44. The third-order valence-corrected chi connectivity index (χ3v) is 6.73. The molecule has 3 N–H and O–H groups in total. The molecule has 1 aliphatic rings. The largest absolute Gasteiger partial charge is 0.448 e.